The number of amides is 1. The molecule has 0 N–H and O–H groups in total. The molecule has 1 rings (SSSR count). The average Bonchev–Trinajstić information content (AvgIpc) is 2.16. The molecule has 0 aromatic carbocycles. The minimum Gasteiger partial charge on any atom is -0.343 e. The Bertz CT molecular complexity index is 144. The number of likely N-dealkylation sites (tertiary alicyclic amines) is 1. The van der Waals surface area contributed by atoms with Crippen molar-refractivity contribution in [1.29, 1.82) is 0 Å². The molecule has 0 spiro atoms. The van der Waals surface area contributed by atoms with Crippen molar-refractivity contribution in [2.45, 2.75) is 45.1 Å². The van der Waals surface area contributed by atoms with Crippen LogP contribution in [0, 0.1) is 0 Å². The monoisotopic (exact) mass is 155 g/mol. The Kier molecular flexibility index (Phi) is 2.92. The van der Waals surface area contributed by atoms with Crippen molar-refractivity contribution in [2.24, 2.45) is 0 Å². The molecule has 1 heterocycles. The van der Waals surface area contributed by atoms with E-state index in [4.69, 9.17) is 0 Å². The summed E-state index contributed by atoms with van der Waals surface area (Å²) in [5.74, 6) is 0.328. The maximum absolute atomic E-state index is 11.3. The van der Waals surface area contributed by atoms with Crippen molar-refractivity contribution in [3.63, 3.8) is 0 Å². The van der Waals surface area contributed by atoms with Gasteiger partial charge in [-0.2, -0.15) is 0 Å². The van der Waals surface area contributed by atoms with Crippen molar-refractivity contribution in [3.8, 4) is 0 Å². The van der Waals surface area contributed by atoms with Crippen LogP contribution < -0.4 is 0 Å². The van der Waals surface area contributed by atoms with Crippen molar-refractivity contribution >= 4 is 5.91 Å². The Morgan fingerprint density at radius 2 is 2.27 bits per heavy atom. The van der Waals surface area contributed by atoms with Crippen LogP contribution in [-0.2, 0) is 4.79 Å². The second-order valence-electron chi connectivity index (χ2n) is 3.31. The van der Waals surface area contributed by atoms with E-state index in [-0.39, 0.29) is 0 Å². The van der Waals surface area contributed by atoms with Crippen molar-refractivity contribution < 1.29 is 4.79 Å². The molecule has 1 aliphatic rings. The first-order valence-electron chi connectivity index (χ1n) is 4.51. The molecule has 1 aliphatic heterocycles. The van der Waals surface area contributed by atoms with Gasteiger partial charge in [-0.3, -0.25) is 4.79 Å². The normalized spacial score (nSPS) is 26.9. The number of rotatable bonds is 1. The first-order valence-corrected chi connectivity index (χ1v) is 4.51. The Labute approximate surface area is 68.6 Å². The van der Waals surface area contributed by atoms with Gasteiger partial charge in [-0.05, 0) is 19.3 Å². The van der Waals surface area contributed by atoms with Crippen LogP contribution in [0.4, 0.5) is 0 Å². The predicted molar refractivity (Wildman–Crippen MR) is 45.3 cm³/mol. The van der Waals surface area contributed by atoms with Crippen molar-refractivity contribution in [2.75, 3.05) is 7.05 Å². The smallest absolute Gasteiger partial charge is 0.222 e. The van der Waals surface area contributed by atoms with Gasteiger partial charge in [-0.1, -0.05) is 13.3 Å². The summed E-state index contributed by atoms with van der Waals surface area (Å²) in [6, 6.07) is 0.505. The summed E-state index contributed by atoms with van der Waals surface area (Å²) in [5.41, 5.74) is 0. The average molecular weight is 155 g/mol. The Hall–Kier alpha value is -0.530. The molecular weight excluding hydrogens is 138 g/mol. The first kappa shape index (κ1) is 8.57. The topological polar surface area (TPSA) is 20.3 Å². The van der Waals surface area contributed by atoms with E-state index in [0.29, 0.717) is 11.9 Å². The third-order valence-electron chi connectivity index (χ3n) is 2.59. The second kappa shape index (κ2) is 3.74. The van der Waals surface area contributed by atoms with E-state index >= 15 is 0 Å². The van der Waals surface area contributed by atoms with Crippen LogP contribution >= 0.6 is 0 Å². The molecule has 0 bridgehead atoms. The fourth-order valence-electron chi connectivity index (χ4n) is 1.71. The van der Waals surface area contributed by atoms with E-state index in [0.717, 1.165) is 19.3 Å². The maximum atomic E-state index is 11.3. The van der Waals surface area contributed by atoms with Gasteiger partial charge in [-0.15, -0.1) is 0 Å². The van der Waals surface area contributed by atoms with Crippen molar-refractivity contribution in [3.05, 3.63) is 0 Å². The molecule has 0 saturated carbocycles. The molecule has 11 heavy (non-hydrogen) atoms. The third kappa shape index (κ3) is 1.95. The van der Waals surface area contributed by atoms with Crippen LogP contribution in [-0.4, -0.2) is 23.9 Å². The third-order valence-corrected chi connectivity index (χ3v) is 2.59. The second-order valence-corrected chi connectivity index (χ2v) is 3.31. The molecule has 2 heteroatoms. The number of carbonyl (C=O) groups is 1. The van der Waals surface area contributed by atoms with E-state index in [1.807, 2.05) is 11.9 Å². The van der Waals surface area contributed by atoms with Crippen LogP contribution in [0.1, 0.15) is 39.0 Å². The van der Waals surface area contributed by atoms with E-state index in [1.165, 1.54) is 12.8 Å². The molecule has 1 saturated heterocycles. The van der Waals surface area contributed by atoms with Crippen LogP contribution in [0.25, 0.3) is 0 Å². The molecule has 1 fully saturated rings. The molecule has 1 atom stereocenters. The van der Waals surface area contributed by atoms with Crippen LogP contribution in [0.3, 0.4) is 0 Å². The maximum Gasteiger partial charge on any atom is 0.222 e. The Morgan fingerprint density at radius 3 is 2.91 bits per heavy atom. The van der Waals surface area contributed by atoms with E-state index in [9.17, 15) is 4.79 Å². The van der Waals surface area contributed by atoms with Gasteiger partial charge in [0.2, 0.25) is 5.91 Å². The van der Waals surface area contributed by atoms with Crippen LogP contribution in [0.2, 0.25) is 0 Å². The summed E-state index contributed by atoms with van der Waals surface area (Å²) in [5, 5.41) is 0. The highest BCUT2D eigenvalue weighted by molar-refractivity contribution is 5.76. The lowest BCUT2D eigenvalue weighted by molar-refractivity contribution is -0.131. The van der Waals surface area contributed by atoms with E-state index in [2.05, 4.69) is 6.92 Å². The molecule has 64 valence electrons. The number of nitrogens with zero attached hydrogens (tertiary/aromatic N) is 1. The summed E-state index contributed by atoms with van der Waals surface area (Å²) in [6.07, 6.45) is 5.35. The van der Waals surface area contributed by atoms with Gasteiger partial charge in [0.25, 0.3) is 0 Å². The highest BCUT2D eigenvalue weighted by Crippen LogP contribution is 2.17. The van der Waals surface area contributed by atoms with Crippen molar-refractivity contribution in [1.82, 2.24) is 4.90 Å². The summed E-state index contributed by atoms with van der Waals surface area (Å²) in [7, 11) is 1.93. The Balaban J connectivity index is 2.56. The zero-order valence-electron chi connectivity index (χ0n) is 7.47. The number of hydrogen-bond acceptors (Lipinski definition) is 1. The lowest BCUT2D eigenvalue weighted by Gasteiger charge is -2.24. The Morgan fingerprint density at radius 1 is 1.55 bits per heavy atom. The van der Waals surface area contributed by atoms with Gasteiger partial charge in [0.05, 0.1) is 0 Å². The van der Waals surface area contributed by atoms with Gasteiger partial charge in [0, 0.05) is 19.5 Å². The SMILES string of the molecule is CC[C@H]1CCCCC(=O)N1C. The van der Waals surface area contributed by atoms with Crippen LogP contribution in [0.15, 0.2) is 0 Å². The van der Waals surface area contributed by atoms with Crippen LogP contribution in [0.5, 0.6) is 0 Å². The molecule has 2 nitrogen and oxygen atoms in total. The minimum atomic E-state index is 0.328. The number of hydrogen-bond donors (Lipinski definition) is 0. The summed E-state index contributed by atoms with van der Waals surface area (Å²) in [4.78, 5) is 13.2. The zero-order chi connectivity index (χ0) is 8.27. The highest BCUT2D eigenvalue weighted by Gasteiger charge is 2.20. The minimum absolute atomic E-state index is 0.328. The quantitative estimate of drug-likeness (QED) is 0.565. The lowest BCUT2D eigenvalue weighted by atomic mass is 10.1. The molecule has 0 aromatic heterocycles. The van der Waals surface area contributed by atoms with Gasteiger partial charge in [0.15, 0.2) is 0 Å². The van der Waals surface area contributed by atoms with Gasteiger partial charge in [-0.25, -0.2) is 0 Å². The lowest BCUT2D eigenvalue weighted by Crippen LogP contribution is -2.34. The molecule has 0 aliphatic carbocycles. The molecule has 1 amide bonds. The summed E-state index contributed by atoms with van der Waals surface area (Å²) in [6.45, 7) is 2.15. The summed E-state index contributed by atoms with van der Waals surface area (Å²) < 4.78 is 0. The van der Waals surface area contributed by atoms with Gasteiger partial charge >= 0.3 is 0 Å². The fraction of sp³-hybridized carbons (Fsp3) is 0.889. The highest BCUT2D eigenvalue weighted by atomic mass is 16.2. The van der Waals surface area contributed by atoms with E-state index in [1.54, 1.807) is 0 Å². The largest absolute Gasteiger partial charge is 0.343 e. The molecule has 0 unspecified atom stereocenters. The number of carbonyl (C=O) groups excluding carboxylic acids is 1. The fourth-order valence-corrected chi connectivity index (χ4v) is 1.71. The predicted octanol–water partition coefficient (Wildman–Crippen LogP) is 1.80. The van der Waals surface area contributed by atoms with Gasteiger partial charge < -0.3 is 4.90 Å². The molecular formula is C9H17NO. The first-order chi connectivity index (χ1) is 5.25. The molecule has 0 aromatic rings. The zero-order valence-corrected chi connectivity index (χ0v) is 7.47. The molecule has 0 radical (unpaired) electrons. The van der Waals surface area contributed by atoms with Gasteiger partial charge in [0.1, 0.15) is 0 Å². The van der Waals surface area contributed by atoms with E-state index < -0.39 is 0 Å². The standard InChI is InChI=1S/C9H17NO/c1-3-8-6-4-5-7-9(11)10(8)2/h8H,3-7H2,1-2H3/t8-/m0/s1. The summed E-state index contributed by atoms with van der Waals surface area (Å²) >= 11 is 0.